The van der Waals surface area contributed by atoms with Crippen LogP contribution >= 0.6 is 0 Å². The van der Waals surface area contributed by atoms with Crippen molar-refractivity contribution in [2.75, 3.05) is 6.54 Å². The molecule has 1 fully saturated rings. The van der Waals surface area contributed by atoms with Crippen LogP contribution in [-0.4, -0.2) is 35.3 Å². The minimum Gasteiger partial charge on any atom is -0.292 e. The fourth-order valence-corrected chi connectivity index (χ4v) is 2.02. The second kappa shape index (κ2) is 6.41. The van der Waals surface area contributed by atoms with Gasteiger partial charge in [-0.25, -0.2) is 0 Å². The Labute approximate surface area is 103 Å². The van der Waals surface area contributed by atoms with Crippen LogP contribution in [0, 0.1) is 12.3 Å². The summed E-state index contributed by atoms with van der Waals surface area (Å²) in [5.41, 5.74) is 0. The van der Waals surface area contributed by atoms with Crippen molar-refractivity contribution in [2.45, 2.75) is 51.6 Å². The van der Waals surface area contributed by atoms with Crippen LogP contribution in [0.1, 0.15) is 39.5 Å². The molecule has 94 valence electrons. The number of carbonyl (C=O) groups excluding carboxylic acids is 2. The first-order valence-corrected chi connectivity index (χ1v) is 6.20. The van der Waals surface area contributed by atoms with Crippen LogP contribution < -0.4 is 5.32 Å². The highest BCUT2D eigenvalue weighted by Crippen LogP contribution is 2.14. The first-order chi connectivity index (χ1) is 8.13. The van der Waals surface area contributed by atoms with Crippen molar-refractivity contribution in [3.8, 4) is 12.3 Å². The summed E-state index contributed by atoms with van der Waals surface area (Å²) in [7, 11) is 0. The number of nitrogens with zero attached hydrogens (tertiary/aromatic N) is 1. The van der Waals surface area contributed by atoms with Gasteiger partial charge in [-0.2, -0.15) is 0 Å². The van der Waals surface area contributed by atoms with Gasteiger partial charge in [0.1, 0.15) is 0 Å². The standard InChI is InChI=1S/C13H20N2O2/c1-4-7-10(6-3)14-11-9-12(16)15(8-5-2)13(11)17/h3,10-11,14H,4-5,7-9H2,1-2H3. The van der Waals surface area contributed by atoms with Gasteiger partial charge in [-0.15, -0.1) is 6.42 Å². The minimum atomic E-state index is -0.429. The molecule has 0 radical (unpaired) electrons. The molecule has 0 saturated carbocycles. The Morgan fingerprint density at radius 2 is 2.18 bits per heavy atom. The number of amides is 2. The van der Waals surface area contributed by atoms with Gasteiger partial charge in [0.2, 0.25) is 11.8 Å². The van der Waals surface area contributed by atoms with Crippen molar-refractivity contribution in [3.63, 3.8) is 0 Å². The zero-order chi connectivity index (χ0) is 12.8. The van der Waals surface area contributed by atoms with Crippen LogP contribution in [0.4, 0.5) is 0 Å². The first-order valence-electron chi connectivity index (χ1n) is 6.20. The molecule has 2 atom stereocenters. The van der Waals surface area contributed by atoms with Gasteiger partial charge in [-0.05, 0) is 12.8 Å². The molecule has 4 heteroatoms. The maximum atomic E-state index is 11.9. The molecule has 17 heavy (non-hydrogen) atoms. The number of carbonyl (C=O) groups is 2. The van der Waals surface area contributed by atoms with E-state index in [9.17, 15) is 9.59 Å². The summed E-state index contributed by atoms with van der Waals surface area (Å²) in [5, 5.41) is 3.09. The Kier molecular flexibility index (Phi) is 5.17. The Hall–Kier alpha value is -1.34. The lowest BCUT2D eigenvalue weighted by Gasteiger charge is -2.17. The Balaban J connectivity index is 2.59. The SMILES string of the molecule is C#CC(CCC)NC1CC(=O)N(CCC)C1=O. The third kappa shape index (κ3) is 3.31. The lowest BCUT2D eigenvalue weighted by molar-refractivity contribution is -0.138. The van der Waals surface area contributed by atoms with Gasteiger partial charge in [0.15, 0.2) is 0 Å². The van der Waals surface area contributed by atoms with Crippen molar-refractivity contribution in [1.29, 1.82) is 0 Å². The Morgan fingerprint density at radius 3 is 2.71 bits per heavy atom. The molecular weight excluding hydrogens is 216 g/mol. The molecule has 0 spiro atoms. The highest BCUT2D eigenvalue weighted by atomic mass is 16.2. The molecule has 0 aromatic heterocycles. The molecule has 1 aliphatic rings. The molecule has 1 rings (SSSR count). The molecule has 0 aromatic rings. The molecule has 2 amide bonds. The van der Waals surface area contributed by atoms with Gasteiger partial charge < -0.3 is 0 Å². The van der Waals surface area contributed by atoms with Crippen LogP contribution in [0.15, 0.2) is 0 Å². The maximum Gasteiger partial charge on any atom is 0.246 e. The molecule has 0 bridgehead atoms. The van der Waals surface area contributed by atoms with E-state index >= 15 is 0 Å². The van der Waals surface area contributed by atoms with E-state index in [1.54, 1.807) is 0 Å². The molecule has 0 aromatic carbocycles. The number of nitrogens with one attached hydrogen (secondary N) is 1. The Morgan fingerprint density at radius 1 is 1.47 bits per heavy atom. The van der Waals surface area contributed by atoms with E-state index in [0.717, 1.165) is 19.3 Å². The normalized spacial score (nSPS) is 21.7. The maximum absolute atomic E-state index is 11.9. The van der Waals surface area contributed by atoms with Crippen molar-refractivity contribution in [2.24, 2.45) is 0 Å². The predicted molar refractivity (Wildman–Crippen MR) is 66.1 cm³/mol. The van der Waals surface area contributed by atoms with E-state index in [-0.39, 0.29) is 24.3 Å². The Bertz CT molecular complexity index is 333. The van der Waals surface area contributed by atoms with Crippen molar-refractivity contribution in [1.82, 2.24) is 10.2 Å². The topological polar surface area (TPSA) is 49.4 Å². The van der Waals surface area contributed by atoms with Crippen molar-refractivity contribution >= 4 is 11.8 Å². The highest BCUT2D eigenvalue weighted by Gasteiger charge is 2.38. The molecule has 1 aliphatic heterocycles. The third-order valence-electron chi connectivity index (χ3n) is 2.87. The number of imide groups is 1. The van der Waals surface area contributed by atoms with E-state index < -0.39 is 6.04 Å². The molecule has 1 N–H and O–H groups in total. The van der Waals surface area contributed by atoms with E-state index in [2.05, 4.69) is 11.2 Å². The molecule has 4 nitrogen and oxygen atoms in total. The largest absolute Gasteiger partial charge is 0.292 e. The fourth-order valence-electron chi connectivity index (χ4n) is 2.02. The molecule has 1 saturated heterocycles. The zero-order valence-corrected chi connectivity index (χ0v) is 10.5. The third-order valence-corrected chi connectivity index (χ3v) is 2.87. The average Bonchev–Trinajstić information content (AvgIpc) is 2.57. The number of hydrogen-bond donors (Lipinski definition) is 1. The minimum absolute atomic E-state index is 0.0957. The summed E-state index contributed by atoms with van der Waals surface area (Å²) in [4.78, 5) is 24.9. The summed E-state index contributed by atoms with van der Waals surface area (Å²) in [6.07, 6.45) is 8.19. The van der Waals surface area contributed by atoms with Crippen LogP contribution in [0.25, 0.3) is 0 Å². The van der Waals surface area contributed by atoms with Gasteiger partial charge in [0, 0.05) is 6.54 Å². The van der Waals surface area contributed by atoms with Crippen molar-refractivity contribution in [3.05, 3.63) is 0 Å². The highest BCUT2D eigenvalue weighted by molar-refractivity contribution is 6.05. The lowest BCUT2D eigenvalue weighted by atomic mass is 10.1. The number of terminal acetylenes is 1. The van der Waals surface area contributed by atoms with Gasteiger partial charge in [-0.3, -0.25) is 19.8 Å². The van der Waals surface area contributed by atoms with Gasteiger partial charge in [0.25, 0.3) is 0 Å². The summed E-state index contributed by atoms with van der Waals surface area (Å²) < 4.78 is 0. The number of hydrogen-bond acceptors (Lipinski definition) is 3. The molecule has 1 heterocycles. The van der Waals surface area contributed by atoms with E-state index in [1.807, 2.05) is 13.8 Å². The summed E-state index contributed by atoms with van der Waals surface area (Å²) in [6.45, 7) is 4.49. The second-order valence-corrected chi connectivity index (χ2v) is 4.31. The summed E-state index contributed by atoms with van der Waals surface area (Å²) in [5.74, 6) is 2.39. The first kappa shape index (κ1) is 13.7. The second-order valence-electron chi connectivity index (χ2n) is 4.31. The van der Waals surface area contributed by atoms with E-state index in [4.69, 9.17) is 6.42 Å². The number of rotatable bonds is 6. The van der Waals surface area contributed by atoms with Crippen LogP contribution in [0.3, 0.4) is 0 Å². The number of likely N-dealkylation sites (tertiary alicyclic amines) is 1. The van der Waals surface area contributed by atoms with Crippen LogP contribution in [-0.2, 0) is 9.59 Å². The van der Waals surface area contributed by atoms with Gasteiger partial charge in [0.05, 0.1) is 18.5 Å². The fraction of sp³-hybridized carbons (Fsp3) is 0.692. The molecule has 2 unspecified atom stereocenters. The lowest BCUT2D eigenvalue weighted by Crippen LogP contribution is -2.43. The van der Waals surface area contributed by atoms with Crippen LogP contribution in [0.5, 0.6) is 0 Å². The predicted octanol–water partition coefficient (Wildman–Crippen LogP) is 0.915. The monoisotopic (exact) mass is 236 g/mol. The smallest absolute Gasteiger partial charge is 0.246 e. The van der Waals surface area contributed by atoms with Gasteiger partial charge in [-0.1, -0.05) is 26.2 Å². The molecular formula is C13H20N2O2. The quantitative estimate of drug-likeness (QED) is 0.551. The van der Waals surface area contributed by atoms with Crippen molar-refractivity contribution < 1.29 is 9.59 Å². The van der Waals surface area contributed by atoms with E-state index in [0.29, 0.717) is 6.54 Å². The van der Waals surface area contributed by atoms with E-state index in [1.165, 1.54) is 4.90 Å². The summed E-state index contributed by atoms with van der Waals surface area (Å²) >= 11 is 0. The van der Waals surface area contributed by atoms with Gasteiger partial charge >= 0.3 is 0 Å². The van der Waals surface area contributed by atoms with Crippen LogP contribution in [0.2, 0.25) is 0 Å². The average molecular weight is 236 g/mol. The molecule has 0 aliphatic carbocycles. The zero-order valence-electron chi connectivity index (χ0n) is 10.5. The summed E-state index contributed by atoms with van der Waals surface area (Å²) in [6, 6.07) is -0.551.